The molecule has 0 radical (unpaired) electrons. The molecule has 1 saturated carbocycles. The van der Waals surface area contributed by atoms with Crippen molar-refractivity contribution in [3.05, 3.63) is 29.8 Å². The highest BCUT2D eigenvalue weighted by atomic mass is 16.5. The molecule has 0 bridgehead atoms. The Labute approximate surface area is 103 Å². The van der Waals surface area contributed by atoms with Gasteiger partial charge in [-0.25, -0.2) is 0 Å². The molecule has 94 valence electrons. The molecule has 1 aromatic rings. The van der Waals surface area contributed by atoms with Gasteiger partial charge in [0.05, 0.1) is 13.2 Å². The first kappa shape index (κ1) is 12.4. The molecule has 0 spiro atoms. The lowest BCUT2D eigenvalue weighted by Crippen LogP contribution is -2.27. The summed E-state index contributed by atoms with van der Waals surface area (Å²) >= 11 is 0. The summed E-state index contributed by atoms with van der Waals surface area (Å²) in [6.45, 7) is 0. The molecule has 0 amide bonds. The van der Waals surface area contributed by atoms with E-state index in [2.05, 4.69) is 6.07 Å². The second-order valence-electron chi connectivity index (χ2n) is 4.87. The van der Waals surface area contributed by atoms with E-state index < -0.39 is 0 Å². The van der Waals surface area contributed by atoms with Crippen molar-refractivity contribution in [1.29, 1.82) is 0 Å². The Hall–Kier alpha value is -1.06. The van der Waals surface area contributed by atoms with Crippen molar-refractivity contribution < 1.29 is 9.84 Å². The van der Waals surface area contributed by atoms with E-state index in [1.54, 1.807) is 7.11 Å². The van der Waals surface area contributed by atoms with Crippen molar-refractivity contribution in [1.82, 2.24) is 0 Å². The second kappa shape index (κ2) is 5.52. The van der Waals surface area contributed by atoms with E-state index in [1.165, 1.54) is 0 Å². The molecule has 1 aliphatic carbocycles. The van der Waals surface area contributed by atoms with Gasteiger partial charge in [0.25, 0.3) is 0 Å². The monoisotopic (exact) mass is 235 g/mol. The number of rotatable bonds is 3. The predicted octanol–water partition coefficient (Wildman–Crippen LogP) is 2.25. The highest BCUT2D eigenvalue weighted by molar-refractivity contribution is 5.30. The molecule has 0 saturated heterocycles. The molecule has 1 fully saturated rings. The summed E-state index contributed by atoms with van der Waals surface area (Å²) in [5.74, 6) is 1.33. The summed E-state index contributed by atoms with van der Waals surface area (Å²) in [6, 6.07) is 8.03. The number of methoxy groups -OCH3 is 1. The van der Waals surface area contributed by atoms with E-state index in [-0.39, 0.29) is 12.1 Å². The Kier molecular flexibility index (Phi) is 4.02. The normalized spacial score (nSPS) is 26.5. The van der Waals surface area contributed by atoms with Crippen LogP contribution in [-0.2, 0) is 0 Å². The molecule has 3 N–H and O–H groups in total. The first-order valence-corrected chi connectivity index (χ1v) is 6.28. The number of aliphatic hydroxyl groups excluding tert-OH is 1. The van der Waals surface area contributed by atoms with Gasteiger partial charge >= 0.3 is 0 Å². The molecule has 1 aliphatic rings. The first-order chi connectivity index (χ1) is 8.20. The third-order valence-corrected chi connectivity index (χ3v) is 3.73. The van der Waals surface area contributed by atoms with Crippen LogP contribution in [0.15, 0.2) is 24.3 Å². The molecule has 2 rings (SSSR count). The molecule has 1 unspecified atom stereocenters. The minimum Gasteiger partial charge on any atom is -0.497 e. The standard InChI is InChI=1S/C14H21NO2/c1-17-13-4-2-3-11(9-13)14(15)10-5-7-12(16)8-6-10/h2-4,9-10,12,14,16H,5-8,15H2,1H3. The number of hydrogen-bond acceptors (Lipinski definition) is 3. The Balaban J connectivity index is 2.05. The largest absolute Gasteiger partial charge is 0.497 e. The van der Waals surface area contributed by atoms with E-state index in [1.807, 2.05) is 18.2 Å². The quantitative estimate of drug-likeness (QED) is 0.844. The van der Waals surface area contributed by atoms with Gasteiger partial charge in [-0.15, -0.1) is 0 Å². The van der Waals surface area contributed by atoms with Gasteiger partial charge in [-0.1, -0.05) is 12.1 Å². The maximum Gasteiger partial charge on any atom is 0.119 e. The number of aliphatic hydroxyl groups is 1. The second-order valence-corrected chi connectivity index (χ2v) is 4.87. The third-order valence-electron chi connectivity index (χ3n) is 3.73. The molecule has 0 aliphatic heterocycles. The third kappa shape index (κ3) is 2.99. The van der Waals surface area contributed by atoms with E-state index in [9.17, 15) is 5.11 Å². The van der Waals surface area contributed by atoms with Crippen LogP contribution in [0.3, 0.4) is 0 Å². The van der Waals surface area contributed by atoms with Crippen LogP contribution >= 0.6 is 0 Å². The van der Waals surface area contributed by atoms with Gasteiger partial charge in [0, 0.05) is 6.04 Å². The summed E-state index contributed by atoms with van der Waals surface area (Å²) < 4.78 is 5.21. The van der Waals surface area contributed by atoms with Crippen molar-refractivity contribution >= 4 is 0 Å². The molecule has 1 aromatic carbocycles. The fourth-order valence-corrected chi connectivity index (χ4v) is 2.58. The summed E-state index contributed by atoms with van der Waals surface area (Å²) in [6.07, 6.45) is 3.66. The van der Waals surface area contributed by atoms with Crippen molar-refractivity contribution in [3.8, 4) is 5.75 Å². The first-order valence-electron chi connectivity index (χ1n) is 6.28. The Bertz CT molecular complexity index is 359. The van der Waals surface area contributed by atoms with Gasteiger partial charge < -0.3 is 15.6 Å². The number of benzene rings is 1. The Morgan fingerprint density at radius 3 is 2.65 bits per heavy atom. The van der Waals surface area contributed by atoms with Crippen LogP contribution in [0.5, 0.6) is 5.75 Å². The highest BCUT2D eigenvalue weighted by Gasteiger charge is 2.25. The van der Waals surface area contributed by atoms with E-state index in [0.29, 0.717) is 5.92 Å². The van der Waals surface area contributed by atoms with E-state index in [4.69, 9.17) is 10.5 Å². The molecule has 3 heteroatoms. The lowest BCUT2D eigenvalue weighted by atomic mass is 9.80. The van der Waals surface area contributed by atoms with E-state index in [0.717, 1.165) is 37.0 Å². The SMILES string of the molecule is COc1cccc(C(N)C2CCC(O)CC2)c1. The predicted molar refractivity (Wildman–Crippen MR) is 67.9 cm³/mol. The number of nitrogens with two attached hydrogens (primary N) is 1. The molecule has 0 aromatic heterocycles. The van der Waals surface area contributed by atoms with Crippen molar-refractivity contribution in [3.63, 3.8) is 0 Å². The molecule has 1 atom stereocenters. The average molecular weight is 235 g/mol. The zero-order valence-electron chi connectivity index (χ0n) is 10.3. The molecule has 0 heterocycles. The Morgan fingerprint density at radius 1 is 1.29 bits per heavy atom. The van der Waals surface area contributed by atoms with Crippen molar-refractivity contribution in [2.45, 2.75) is 37.8 Å². The highest BCUT2D eigenvalue weighted by Crippen LogP contribution is 2.33. The van der Waals surface area contributed by atoms with Crippen LogP contribution in [0.2, 0.25) is 0 Å². The van der Waals surface area contributed by atoms with Crippen LogP contribution in [0.1, 0.15) is 37.3 Å². The van der Waals surface area contributed by atoms with Crippen LogP contribution < -0.4 is 10.5 Å². The zero-order chi connectivity index (χ0) is 12.3. The molecule has 3 nitrogen and oxygen atoms in total. The van der Waals surface area contributed by atoms with Gasteiger partial charge in [-0.3, -0.25) is 0 Å². The topological polar surface area (TPSA) is 55.5 Å². The summed E-state index contributed by atoms with van der Waals surface area (Å²) in [5.41, 5.74) is 7.43. The summed E-state index contributed by atoms with van der Waals surface area (Å²) in [7, 11) is 1.67. The zero-order valence-corrected chi connectivity index (χ0v) is 10.3. The average Bonchev–Trinajstić information content (AvgIpc) is 2.39. The van der Waals surface area contributed by atoms with Crippen LogP contribution in [-0.4, -0.2) is 18.3 Å². The number of ether oxygens (including phenoxy) is 1. The lowest BCUT2D eigenvalue weighted by molar-refractivity contribution is 0.102. The Morgan fingerprint density at radius 2 is 2.00 bits per heavy atom. The minimum atomic E-state index is -0.122. The minimum absolute atomic E-state index is 0.0533. The van der Waals surface area contributed by atoms with Gasteiger partial charge in [0.2, 0.25) is 0 Å². The van der Waals surface area contributed by atoms with Crippen LogP contribution in [0, 0.1) is 5.92 Å². The molecule has 17 heavy (non-hydrogen) atoms. The van der Waals surface area contributed by atoms with Gasteiger partial charge in [-0.05, 0) is 49.3 Å². The maximum absolute atomic E-state index is 9.50. The van der Waals surface area contributed by atoms with Crippen LogP contribution in [0.4, 0.5) is 0 Å². The lowest BCUT2D eigenvalue weighted by Gasteiger charge is -2.30. The molecular formula is C14H21NO2. The fourth-order valence-electron chi connectivity index (χ4n) is 2.58. The molecular weight excluding hydrogens is 214 g/mol. The maximum atomic E-state index is 9.50. The van der Waals surface area contributed by atoms with Gasteiger partial charge in [0.15, 0.2) is 0 Å². The van der Waals surface area contributed by atoms with Gasteiger partial charge in [-0.2, -0.15) is 0 Å². The smallest absolute Gasteiger partial charge is 0.119 e. The van der Waals surface area contributed by atoms with Crippen LogP contribution in [0.25, 0.3) is 0 Å². The summed E-state index contributed by atoms with van der Waals surface area (Å²) in [5, 5.41) is 9.50. The fraction of sp³-hybridized carbons (Fsp3) is 0.571. The van der Waals surface area contributed by atoms with Gasteiger partial charge in [0.1, 0.15) is 5.75 Å². The van der Waals surface area contributed by atoms with Crippen molar-refractivity contribution in [2.24, 2.45) is 11.7 Å². The summed E-state index contributed by atoms with van der Waals surface area (Å²) in [4.78, 5) is 0. The van der Waals surface area contributed by atoms with Crippen molar-refractivity contribution in [2.75, 3.05) is 7.11 Å². The van der Waals surface area contributed by atoms with E-state index >= 15 is 0 Å². The number of hydrogen-bond donors (Lipinski definition) is 2.